The van der Waals surface area contributed by atoms with Crippen molar-refractivity contribution >= 4 is 27.5 Å². The summed E-state index contributed by atoms with van der Waals surface area (Å²) in [5, 5.41) is 3.00. The molecule has 2 atom stereocenters. The van der Waals surface area contributed by atoms with Crippen LogP contribution in [-0.4, -0.2) is 30.4 Å². The molecule has 1 N–H and O–H groups in total. The molecule has 1 heterocycles. The van der Waals surface area contributed by atoms with Gasteiger partial charge < -0.3 is 5.32 Å². The zero-order valence-electron chi connectivity index (χ0n) is 13.7. The van der Waals surface area contributed by atoms with E-state index in [4.69, 9.17) is 0 Å². The number of fused-ring (bicyclic) bond motifs is 2. The molecule has 120 valence electrons. The second-order valence-electron chi connectivity index (χ2n) is 7.74. The third-order valence-corrected chi connectivity index (χ3v) is 6.70. The second kappa shape index (κ2) is 5.64. The molecule has 1 aromatic carbocycles. The molecule has 22 heavy (non-hydrogen) atoms. The van der Waals surface area contributed by atoms with Crippen LogP contribution in [0.5, 0.6) is 0 Å². The zero-order valence-corrected chi connectivity index (χ0v) is 15.2. The van der Waals surface area contributed by atoms with Crippen molar-refractivity contribution in [2.75, 3.05) is 25.0 Å². The molecule has 4 heteroatoms. The number of carbonyl (C=O) groups excluding carboxylic acids is 1. The summed E-state index contributed by atoms with van der Waals surface area (Å²) in [5.74, 6) is 0.803. The highest BCUT2D eigenvalue weighted by molar-refractivity contribution is 9.10. The highest BCUT2D eigenvalue weighted by Crippen LogP contribution is 2.58. The fourth-order valence-electron chi connectivity index (χ4n) is 4.20. The maximum Gasteiger partial charge on any atom is 0.238 e. The maximum absolute atomic E-state index is 12.3. The van der Waals surface area contributed by atoms with Gasteiger partial charge in [-0.1, -0.05) is 36.7 Å². The lowest BCUT2D eigenvalue weighted by atomic mass is 9.63. The van der Waals surface area contributed by atoms with Crippen LogP contribution >= 0.6 is 15.9 Å². The van der Waals surface area contributed by atoms with Crippen LogP contribution in [0.25, 0.3) is 0 Å². The van der Waals surface area contributed by atoms with Crippen molar-refractivity contribution in [3.05, 3.63) is 28.7 Å². The molecule has 1 aromatic rings. The molecule has 1 saturated heterocycles. The fourth-order valence-corrected chi connectivity index (χ4v) is 4.46. The van der Waals surface area contributed by atoms with Gasteiger partial charge in [-0.25, -0.2) is 0 Å². The number of piperidine rings is 1. The number of nitrogens with zero attached hydrogens (tertiary/aromatic N) is 1. The SMILES string of the molecule is CC1(C)[C@H]2CC[C@@]1(C)CN(CC(=O)Nc1ccc(Br)cc1)C2. The lowest BCUT2D eigenvalue weighted by molar-refractivity contribution is -0.119. The van der Waals surface area contributed by atoms with Gasteiger partial charge in [0.15, 0.2) is 0 Å². The van der Waals surface area contributed by atoms with Gasteiger partial charge in [-0.05, 0) is 53.9 Å². The largest absolute Gasteiger partial charge is 0.325 e. The standard InChI is InChI=1S/C18H25BrN2O/c1-17(2)13-8-9-18(17,3)12-21(10-13)11-16(22)20-15-6-4-14(19)5-7-15/h4-7,13H,8-12H2,1-3H3,(H,20,22)/t13-,18-/m0/s1. The van der Waals surface area contributed by atoms with Gasteiger partial charge in [-0.15, -0.1) is 0 Å². The van der Waals surface area contributed by atoms with Gasteiger partial charge in [0.25, 0.3) is 0 Å². The number of nitrogens with one attached hydrogen (secondary N) is 1. The van der Waals surface area contributed by atoms with Gasteiger partial charge in [0.05, 0.1) is 6.54 Å². The number of halogens is 1. The molecule has 0 unspecified atom stereocenters. The molecule has 0 radical (unpaired) electrons. The molecule has 2 bridgehead atoms. The highest BCUT2D eigenvalue weighted by Gasteiger charge is 2.55. The second-order valence-corrected chi connectivity index (χ2v) is 8.66. The van der Waals surface area contributed by atoms with Crippen LogP contribution in [0.4, 0.5) is 5.69 Å². The summed E-state index contributed by atoms with van der Waals surface area (Å²) in [6.45, 7) is 9.79. The third-order valence-electron chi connectivity index (χ3n) is 6.17. The number of hydrogen-bond acceptors (Lipinski definition) is 2. The molecule has 0 spiro atoms. The van der Waals surface area contributed by atoms with Gasteiger partial charge >= 0.3 is 0 Å². The van der Waals surface area contributed by atoms with Crippen LogP contribution in [0.3, 0.4) is 0 Å². The van der Waals surface area contributed by atoms with E-state index in [1.165, 1.54) is 12.8 Å². The van der Waals surface area contributed by atoms with Crippen molar-refractivity contribution in [1.82, 2.24) is 4.90 Å². The first-order chi connectivity index (χ1) is 10.3. The predicted molar refractivity (Wildman–Crippen MR) is 93.8 cm³/mol. The van der Waals surface area contributed by atoms with Crippen molar-refractivity contribution in [3.8, 4) is 0 Å². The molecule has 3 rings (SSSR count). The Labute approximate surface area is 141 Å². The topological polar surface area (TPSA) is 32.3 Å². The average molecular weight is 365 g/mol. The van der Waals surface area contributed by atoms with E-state index in [9.17, 15) is 4.79 Å². The van der Waals surface area contributed by atoms with E-state index in [1.807, 2.05) is 24.3 Å². The number of anilines is 1. The molecule has 2 aliphatic rings. The van der Waals surface area contributed by atoms with Crippen LogP contribution < -0.4 is 5.32 Å². The van der Waals surface area contributed by atoms with Gasteiger partial charge in [-0.3, -0.25) is 9.69 Å². The molecule has 2 fully saturated rings. The molecule has 3 nitrogen and oxygen atoms in total. The fraction of sp³-hybridized carbons (Fsp3) is 0.611. The van der Waals surface area contributed by atoms with Crippen LogP contribution in [0.15, 0.2) is 28.7 Å². The van der Waals surface area contributed by atoms with Gasteiger partial charge in [0.1, 0.15) is 0 Å². The summed E-state index contributed by atoms with van der Waals surface area (Å²) >= 11 is 3.41. The number of likely N-dealkylation sites (tertiary alicyclic amines) is 1. The van der Waals surface area contributed by atoms with E-state index >= 15 is 0 Å². The number of hydrogen-bond donors (Lipinski definition) is 1. The van der Waals surface area contributed by atoms with Crippen molar-refractivity contribution in [3.63, 3.8) is 0 Å². The lowest BCUT2D eigenvalue weighted by Crippen LogP contribution is -2.53. The summed E-state index contributed by atoms with van der Waals surface area (Å²) in [4.78, 5) is 14.6. The first-order valence-corrected chi connectivity index (χ1v) is 8.87. The van der Waals surface area contributed by atoms with E-state index in [2.05, 4.69) is 46.9 Å². The predicted octanol–water partition coefficient (Wildman–Crippen LogP) is 4.15. The molecule has 1 amide bonds. The van der Waals surface area contributed by atoms with Crippen LogP contribution in [0.1, 0.15) is 33.6 Å². The van der Waals surface area contributed by atoms with Crippen molar-refractivity contribution < 1.29 is 4.79 Å². The Morgan fingerprint density at radius 3 is 2.64 bits per heavy atom. The molecular formula is C18H25BrN2O. The monoisotopic (exact) mass is 364 g/mol. The number of carbonyl (C=O) groups is 1. The first kappa shape index (κ1) is 16.0. The molecular weight excluding hydrogens is 340 g/mol. The van der Waals surface area contributed by atoms with E-state index < -0.39 is 0 Å². The smallest absolute Gasteiger partial charge is 0.238 e. The van der Waals surface area contributed by atoms with Crippen LogP contribution in [0.2, 0.25) is 0 Å². The minimum absolute atomic E-state index is 0.0880. The Morgan fingerprint density at radius 2 is 2.00 bits per heavy atom. The summed E-state index contributed by atoms with van der Waals surface area (Å²) in [6.07, 6.45) is 2.59. The average Bonchev–Trinajstić information content (AvgIpc) is 2.59. The van der Waals surface area contributed by atoms with Crippen molar-refractivity contribution in [2.45, 2.75) is 33.6 Å². The lowest BCUT2D eigenvalue weighted by Gasteiger charge is -2.50. The van der Waals surface area contributed by atoms with Crippen molar-refractivity contribution in [2.24, 2.45) is 16.7 Å². The Balaban J connectivity index is 1.60. The summed E-state index contributed by atoms with van der Waals surface area (Å²) in [5.41, 5.74) is 1.60. The number of benzene rings is 1. The summed E-state index contributed by atoms with van der Waals surface area (Å²) < 4.78 is 1.02. The molecule has 0 aromatic heterocycles. The Bertz CT molecular complexity index is 569. The summed E-state index contributed by atoms with van der Waals surface area (Å²) in [7, 11) is 0. The van der Waals surface area contributed by atoms with E-state index in [0.29, 0.717) is 23.3 Å². The van der Waals surface area contributed by atoms with Gasteiger partial charge in [0, 0.05) is 23.2 Å². The normalized spacial score (nSPS) is 30.3. The number of rotatable bonds is 3. The summed E-state index contributed by atoms with van der Waals surface area (Å²) in [6, 6.07) is 7.74. The maximum atomic E-state index is 12.3. The van der Waals surface area contributed by atoms with E-state index in [1.54, 1.807) is 0 Å². The van der Waals surface area contributed by atoms with E-state index in [0.717, 1.165) is 23.2 Å². The van der Waals surface area contributed by atoms with Crippen molar-refractivity contribution in [1.29, 1.82) is 0 Å². The molecule has 1 aliphatic heterocycles. The van der Waals surface area contributed by atoms with Crippen LogP contribution in [0, 0.1) is 16.7 Å². The Hall–Kier alpha value is -0.870. The quantitative estimate of drug-likeness (QED) is 0.873. The minimum atomic E-state index is 0.0880. The third kappa shape index (κ3) is 2.83. The molecule has 1 aliphatic carbocycles. The zero-order chi connectivity index (χ0) is 16.0. The Morgan fingerprint density at radius 1 is 1.32 bits per heavy atom. The van der Waals surface area contributed by atoms with E-state index in [-0.39, 0.29) is 5.91 Å². The van der Waals surface area contributed by atoms with Gasteiger partial charge in [-0.2, -0.15) is 0 Å². The highest BCUT2D eigenvalue weighted by atomic mass is 79.9. The van der Waals surface area contributed by atoms with Crippen LogP contribution in [-0.2, 0) is 4.79 Å². The molecule has 1 saturated carbocycles. The first-order valence-electron chi connectivity index (χ1n) is 8.08. The minimum Gasteiger partial charge on any atom is -0.325 e. The number of amides is 1. The Kier molecular flexibility index (Phi) is 4.11. The van der Waals surface area contributed by atoms with Gasteiger partial charge in [0.2, 0.25) is 5.91 Å².